The van der Waals surface area contributed by atoms with Crippen molar-refractivity contribution in [3.63, 3.8) is 0 Å². The lowest BCUT2D eigenvalue weighted by Crippen LogP contribution is -2.13. The summed E-state index contributed by atoms with van der Waals surface area (Å²) >= 11 is 0. The topological polar surface area (TPSA) is 63.3 Å². The van der Waals surface area contributed by atoms with Crippen molar-refractivity contribution in [2.75, 3.05) is 5.73 Å². The van der Waals surface area contributed by atoms with Gasteiger partial charge in [-0.3, -0.25) is 4.79 Å². The Hall–Kier alpha value is -1.79. The highest BCUT2D eigenvalue weighted by atomic mass is 19.4. The molecule has 0 saturated carbocycles. The van der Waals surface area contributed by atoms with Crippen LogP contribution in [0.1, 0.15) is 11.1 Å². The van der Waals surface area contributed by atoms with Crippen LogP contribution in [0.2, 0.25) is 0 Å². The third kappa shape index (κ3) is 2.62. The largest absolute Gasteiger partial charge is 0.481 e. The third-order valence-corrected chi connectivity index (χ3v) is 1.87. The minimum absolute atomic E-state index is 0.396. The van der Waals surface area contributed by atoms with E-state index in [-0.39, 0.29) is 0 Å². The fourth-order valence-corrected chi connectivity index (χ4v) is 1.20. The van der Waals surface area contributed by atoms with Gasteiger partial charge in [0.15, 0.2) is 0 Å². The first-order valence-corrected chi connectivity index (χ1v) is 4.08. The second-order valence-electron chi connectivity index (χ2n) is 3.10. The van der Waals surface area contributed by atoms with Crippen LogP contribution in [0.3, 0.4) is 0 Å². The van der Waals surface area contributed by atoms with E-state index in [2.05, 4.69) is 0 Å². The van der Waals surface area contributed by atoms with Gasteiger partial charge in [0.25, 0.3) is 0 Å². The summed E-state index contributed by atoms with van der Waals surface area (Å²) in [5.41, 5.74) is 2.45. The molecule has 0 radical (unpaired) electrons. The molecule has 1 rings (SSSR count). The van der Waals surface area contributed by atoms with E-state index in [1.165, 1.54) is 0 Å². The average molecular weight is 237 g/mol. The molecule has 88 valence electrons. The van der Waals surface area contributed by atoms with Crippen LogP contribution in [0.25, 0.3) is 0 Å². The summed E-state index contributed by atoms with van der Waals surface area (Å²) in [7, 11) is 0. The molecule has 0 unspecified atom stereocenters. The monoisotopic (exact) mass is 237 g/mol. The van der Waals surface area contributed by atoms with Crippen molar-refractivity contribution in [2.24, 2.45) is 0 Å². The number of carboxylic acid groups (broad SMARTS) is 1. The number of hydrogen-bond acceptors (Lipinski definition) is 2. The van der Waals surface area contributed by atoms with Gasteiger partial charge in [0, 0.05) is 0 Å². The van der Waals surface area contributed by atoms with Crippen molar-refractivity contribution >= 4 is 11.7 Å². The first-order valence-electron chi connectivity index (χ1n) is 4.08. The molecule has 0 aliphatic heterocycles. The standard InChI is InChI=1S/C9H7F4NO2/c10-6-1-4(2-8(15)16)5(3-7(6)14)9(11,12)13/h1,3H,2,14H2,(H,15,16). The second-order valence-corrected chi connectivity index (χ2v) is 3.10. The van der Waals surface area contributed by atoms with Crippen LogP contribution in [0.15, 0.2) is 12.1 Å². The van der Waals surface area contributed by atoms with Crippen LogP contribution in [0.5, 0.6) is 0 Å². The van der Waals surface area contributed by atoms with Crippen molar-refractivity contribution < 1.29 is 27.5 Å². The maximum atomic E-state index is 12.9. The Balaban J connectivity index is 3.33. The smallest absolute Gasteiger partial charge is 0.416 e. The number of aliphatic carboxylic acids is 1. The van der Waals surface area contributed by atoms with Crippen molar-refractivity contribution in [3.8, 4) is 0 Å². The molecular formula is C9H7F4NO2. The van der Waals surface area contributed by atoms with E-state index in [0.717, 1.165) is 0 Å². The number of rotatable bonds is 2. The maximum Gasteiger partial charge on any atom is 0.416 e. The normalized spacial score (nSPS) is 11.5. The molecule has 7 heteroatoms. The van der Waals surface area contributed by atoms with Gasteiger partial charge in [-0.2, -0.15) is 13.2 Å². The maximum absolute atomic E-state index is 12.9. The first kappa shape index (κ1) is 12.3. The van der Waals surface area contributed by atoms with Gasteiger partial charge < -0.3 is 10.8 Å². The Morgan fingerprint density at radius 2 is 1.94 bits per heavy atom. The van der Waals surface area contributed by atoms with Crippen LogP contribution in [0.4, 0.5) is 23.2 Å². The summed E-state index contributed by atoms with van der Waals surface area (Å²) in [6, 6.07) is 0.889. The van der Waals surface area contributed by atoms with Crippen LogP contribution in [-0.2, 0) is 17.4 Å². The number of hydrogen-bond donors (Lipinski definition) is 2. The quantitative estimate of drug-likeness (QED) is 0.611. The van der Waals surface area contributed by atoms with Crippen LogP contribution >= 0.6 is 0 Å². The number of halogens is 4. The Bertz CT molecular complexity index is 428. The molecule has 0 amide bonds. The molecule has 16 heavy (non-hydrogen) atoms. The first-order chi connectivity index (χ1) is 7.21. The lowest BCUT2D eigenvalue weighted by Gasteiger charge is -2.12. The van der Waals surface area contributed by atoms with E-state index in [9.17, 15) is 22.4 Å². The van der Waals surface area contributed by atoms with E-state index in [1.807, 2.05) is 0 Å². The van der Waals surface area contributed by atoms with Gasteiger partial charge in [-0.15, -0.1) is 0 Å². The highest BCUT2D eigenvalue weighted by Gasteiger charge is 2.34. The third-order valence-electron chi connectivity index (χ3n) is 1.87. The van der Waals surface area contributed by atoms with E-state index in [4.69, 9.17) is 10.8 Å². The van der Waals surface area contributed by atoms with Gasteiger partial charge in [0.1, 0.15) is 5.82 Å². The number of nitrogens with two attached hydrogens (primary N) is 1. The zero-order valence-corrected chi connectivity index (χ0v) is 7.81. The highest BCUT2D eigenvalue weighted by molar-refractivity contribution is 5.71. The SMILES string of the molecule is Nc1cc(C(F)(F)F)c(CC(=O)O)cc1F. The minimum Gasteiger partial charge on any atom is -0.481 e. The molecular weight excluding hydrogens is 230 g/mol. The van der Waals surface area contributed by atoms with Crippen LogP contribution in [0, 0.1) is 5.82 Å². The number of carboxylic acids is 1. The van der Waals surface area contributed by atoms with Crippen molar-refractivity contribution in [1.82, 2.24) is 0 Å². The Kier molecular flexibility index (Phi) is 3.06. The van der Waals surface area contributed by atoms with E-state index < -0.39 is 41.2 Å². The van der Waals surface area contributed by atoms with Gasteiger partial charge in [-0.05, 0) is 17.7 Å². The van der Waals surface area contributed by atoms with Gasteiger partial charge >= 0.3 is 12.1 Å². The Morgan fingerprint density at radius 1 is 1.38 bits per heavy atom. The fourth-order valence-electron chi connectivity index (χ4n) is 1.20. The van der Waals surface area contributed by atoms with Crippen molar-refractivity contribution in [3.05, 3.63) is 29.1 Å². The lowest BCUT2D eigenvalue weighted by atomic mass is 10.0. The zero-order valence-electron chi connectivity index (χ0n) is 7.81. The molecule has 3 N–H and O–H groups in total. The zero-order chi connectivity index (χ0) is 12.5. The molecule has 0 aliphatic rings. The molecule has 0 spiro atoms. The molecule has 0 aliphatic carbocycles. The molecule has 0 bridgehead atoms. The van der Waals surface area contributed by atoms with E-state index >= 15 is 0 Å². The summed E-state index contributed by atoms with van der Waals surface area (Å²) in [5.74, 6) is -2.54. The number of alkyl halides is 3. The second kappa shape index (κ2) is 3.99. The average Bonchev–Trinajstić information content (AvgIpc) is 2.08. The summed E-state index contributed by atoms with van der Waals surface area (Å²) in [5, 5.41) is 8.40. The van der Waals surface area contributed by atoms with Gasteiger partial charge in [-0.1, -0.05) is 0 Å². The molecule has 0 heterocycles. The Morgan fingerprint density at radius 3 is 2.38 bits per heavy atom. The molecule has 0 aromatic heterocycles. The Labute approximate surface area is 87.5 Å². The highest BCUT2D eigenvalue weighted by Crippen LogP contribution is 2.34. The molecule has 3 nitrogen and oxygen atoms in total. The van der Waals surface area contributed by atoms with Crippen molar-refractivity contribution in [1.29, 1.82) is 0 Å². The van der Waals surface area contributed by atoms with Gasteiger partial charge in [0.2, 0.25) is 0 Å². The van der Waals surface area contributed by atoms with Crippen LogP contribution < -0.4 is 5.73 Å². The fraction of sp³-hybridized carbons (Fsp3) is 0.222. The van der Waals surface area contributed by atoms with E-state index in [1.54, 1.807) is 0 Å². The molecule has 1 aromatic carbocycles. The van der Waals surface area contributed by atoms with Crippen LogP contribution in [-0.4, -0.2) is 11.1 Å². The summed E-state index contributed by atoms with van der Waals surface area (Å²) in [4.78, 5) is 10.3. The van der Waals surface area contributed by atoms with Gasteiger partial charge in [0.05, 0.1) is 17.7 Å². The number of carbonyl (C=O) groups is 1. The predicted octanol–water partition coefficient (Wildman–Crippen LogP) is 2.05. The minimum atomic E-state index is -4.76. The number of benzene rings is 1. The molecule has 0 fully saturated rings. The summed E-state index contributed by atoms with van der Waals surface area (Å²) in [6.07, 6.45) is -5.67. The molecule has 0 saturated heterocycles. The van der Waals surface area contributed by atoms with Gasteiger partial charge in [-0.25, -0.2) is 4.39 Å². The summed E-state index contributed by atoms with van der Waals surface area (Å²) < 4.78 is 50.2. The molecule has 1 aromatic rings. The lowest BCUT2D eigenvalue weighted by molar-refractivity contribution is -0.139. The predicted molar refractivity (Wildman–Crippen MR) is 47.2 cm³/mol. The molecule has 0 atom stereocenters. The summed E-state index contributed by atoms with van der Waals surface area (Å²) in [6.45, 7) is 0. The van der Waals surface area contributed by atoms with E-state index in [0.29, 0.717) is 12.1 Å². The number of anilines is 1. The number of nitrogen functional groups attached to an aromatic ring is 1. The van der Waals surface area contributed by atoms with Crippen molar-refractivity contribution in [2.45, 2.75) is 12.6 Å².